The van der Waals surface area contributed by atoms with E-state index in [0.717, 1.165) is 57.6 Å². The third-order valence-corrected chi connectivity index (χ3v) is 7.20. The Kier molecular flexibility index (Phi) is 5.26. The van der Waals surface area contributed by atoms with Gasteiger partial charge in [0, 0.05) is 47.2 Å². The van der Waals surface area contributed by atoms with Crippen LogP contribution in [0, 0.1) is 5.82 Å². The zero-order valence-corrected chi connectivity index (χ0v) is 19.3. The van der Waals surface area contributed by atoms with Gasteiger partial charge in [0.1, 0.15) is 5.82 Å². The maximum absolute atomic E-state index is 13.3. The molecule has 0 atom stereocenters. The third-order valence-electron chi connectivity index (χ3n) is 6.31. The van der Waals surface area contributed by atoms with Gasteiger partial charge in [-0.1, -0.05) is 36.4 Å². The summed E-state index contributed by atoms with van der Waals surface area (Å²) in [5, 5.41) is 7.39. The van der Waals surface area contributed by atoms with Crippen LogP contribution in [0.25, 0.3) is 27.0 Å². The number of amides is 2. The van der Waals surface area contributed by atoms with Gasteiger partial charge in [0.25, 0.3) is 0 Å². The number of fused-ring (bicyclic) bond motifs is 2. The summed E-state index contributed by atoms with van der Waals surface area (Å²) in [6, 6.07) is 20.7. The Bertz CT molecular complexity index is 1480. The molecule has 1 aliphatic carbocycles. The lowest BCUT2D eigenvalue weighted by Gasteiger charge is -2.23. The Morgan fingerprint density at radius 2 is 1.88 bits per heavy atom. The van der Waals surface area contributed by atoms with Gasteiger partial charge in [0.2, 0.25) is 0 Å². The summed E-state index contributed by atoms with van der Waals surface area (Å²) >= 11 is 1.58. The van der Waals surface area contributed by atoms with Crippen LogP contribution in [-0.2, 0) is 6.42 Å². The van der Waals surface area contributed by atoms with Gasteiger partial charge in [-0.25, -0.2) is 14.2 Å². The topological polar surface area (TPSA) is 49.6 Å². The van der Waals surface area contributed by atoms with E-state index in [1.54, 1.807) is 23.5 Å². The molecule has 7 heteroatoms. The third kappa shape index (κ3) is 4.03. The van der Waals surface area contributed by atoms with Gasteiger partial charge in [-0.2, -0.15) is 0 Å². The van der Waals surface area contributed by atoms with E-state index in [1.165, 1.54) is 12.1 Å². The monoisotopic (exact) mass is 470 g/mol. The summed E-state index contributed by atoms with van der Waals surface area (Å²) in [4.78, 5) is 20.8. The van der Waals surface area contributed by atoms with E-state index in [1.807, 2.05) is 41.4 Å². The van der Waals surface area contributed by atoms with Crippen LogP contribution >= 0.6 is 11.3 Å². The normalized spacial score (nSPS) is 13.4. The number of aromatic nitrogens is 2. The van der Waals surface area contributed by atoms with Crippen molar-refractivity contribution in [2.75, 3.05) is 11.9 Å². The van der Waals surface area contributed by atoms with E-state index in [4.69, 9.17) is 4.98 Å². The maximum atomic E-state index is 13.3. The largest absolute Gasteiger partial charge is 0.322 e. The Hall–Kier alpha value is -3.71. The van der Waals surface area contributed by atoms with Crippen LogP contribution in [0.4, 0.5) is 14.9 Å². The van der Waals surface area contributed by atoms with E-state index in [9.17, 15) is 9.18 Å². The highest BCUT2D eigenvalue weighted by Crippen LogP contribution is 2.30. The van der Waals surface area contributed by atoms with Crippen LogP contribution in [0.5, 0.6) is 0 Å². The molecular weight excluding hydrogens is 447 g/mol. The van der Waals surface area contributed by atoms with Crippen molar-refractivity contribution < 1.29 is 9.18 Å². The molecule has 0 radical (unpaired) electrons. The SMILES string of the molecule is O=C(Nc1cccc2ccccc12)N(CCc1csc2nc(-c3ccc(F)cc3)cn12)C1CC1. The van der Waals surface area contributed by atoms with Crippen molar-refractivity contribution in [1.82, 2.24) is 14.3 Å². The number of anilines is 1. The Labute approximate surface area is 200 Å². The number of hydrogen-bond acceptors (Lipinski definition) is 3. The summed E-state index contributed by atoms with van der Waals surface area (Å²) in [5.41, 5.74) is 3.66. The van der Waals surface area contributed by atoms with Crippen LogP contribution < -0.4 is 5.32 Å². The minimum Gasteiger partial charge on any atom is -0.321 e. The number of carbonyl (C=O) groups is 1. The zero-order chi connectivity index (χ0) is 23.1. The van der Waals surface area contributed by atoms with Crippen molar-refractivity contribution in [3.05, 3.63) is 89.8 Å². The van der Waals surface area contributed by atoms with Gasteiger partial charge in [0.15, 0.2) is 4.96 Å². The molecule has 0 spiro atoms. The van der Waals surface area contributed by atoms with Crippen LogP contribution in [-0.4, -0.2) is 32.9 Å². The molecule has 0 unspecified atom stereocenters. The molecule has 2 heterocycles. The molecule has 1 fully saturated rings. The summed E-state index contributed by atoms with van der Waals surface area (Å²) in [7, 11) is 0. The number of halogens is 1. The highest BCUT2D eigenvalue weighted by Gasteiger charge is 2.32. The summed E-state index contributed by atoms with van der Waals surface area (Å²) < 4.78 is 15.4. The molecule has 0 bridgehead atoms. The fourth-order valence-corrected chi connectivity index (χ4v) is 5.27. The summed E-state index contributed by atoms with van der Waals surface area (Å²) in [5.74, 6) is -0.257. The zero-order valence-electron chi connectivity index (χ0n) is 18.4. The quantitative estimate of drug-likeness (QED) is 0.304. The second-order valence-electron chi connectivity index (χ2n) is 8.64. The molecule has 2 amide bonds. The molecule has 6 rings (SSSR count). The molecule has 1 aliphatic rings. The fourth-order valence-electron chi connectivity index (χ4n) is 4.36. The van der Waals surface area contributed by atoms with Gasteiger partial charge in [-0.05, 0) is 48.6 Å². The number of hydrogen-bond donors (Lipinski definition) is 1. The molecule has 34 heavy (non-hydrogen) atoms. The smallest absolute Gasteiger partial charge is 0.321 e. The molecule has 1 N–H and O–H groups in total. The molecular formula is C27H23FN4OS. The van der Waals surface area contributed by atoms with Crippen molar-refractivity contribution in [3.8, 4) is 11.3 Å². The molecule has 3 aromatic carbocycles. The first-order valence-electron chi connectivity index (χ1n) is 11.4. The standard InChI is InChI=1S/C27H23FN4OS/c28-20-10-8-19(9-11-20)25-16-32-22(17-34-27(32)30-25)14-15-31(21-12-13-21)26(33)29-24-7-3-5-18-4-1-2-6-23(18)24/h1-11,16-17,21H,12-15H2,(H,29,33). The Balaban J connectivity index is 1.20. The molecule has 1 saturated carbocycles. The number of rotatable bonds is 6. The Morgan fingerprint density at radius 3 is 2.71 bits per heavy atom. The first kappa shape index (κ1) is 20.9. The summed E-state index contributed by atoms with van der Waals surface area (Å²) in [6.45, 7) is 0.636. The van der Waals surface area contributed by atoms with E-state index in [-0.39, 0.29) is 11.8 Å². The van der Waals surface area contributed by atoms with E-state index >= 15 is 0 Å². The number of carbonyl (C=O) groups excluding carboxylic acids is 1. The van der Waals surface area contributed by atoms with Gasteiger partial charge in [0.05, 0.1) is 11.4 Å². The average Bonchev–Trinajstić information content (AvgIpc) is 3.49. The van der Waals surface area contributed by atoms with Crippen molar-refractivity contribution >= 4 is 38.8 Å². The predicted molar refractivity (Wildman–Crippen MR) is 135 cm³/mol. The number of thiazole rings is 1. The van der Waals surface area contributed by atoms with Gasteiger partial charge in [-0.3, -0.25) is 4.40 Å². The van der Waals surface area contributed by atoms with E-state index in [2.05, 4.69) is 27.2 Å². The molecule has 170 valence electrons. The lowest BCUT2D eigenvalue weighted by molar-refractivity contribution is 0.209. The minimum absolute atomic E-state index is 0.0528. The molecule has 0 aliphatic heterocycles. The maximum Gasteiger partial charge on any atom is 0.322 e. The Morgan fingerprint density at radius 1 is 1.09 bits per heavy atom. The van der Waals surface area contributed by atoms with Crippen molar-refractivity contribution in [2.24, 2.45) is 0 Å². The second kappa shape index (κ2) is 8.57. The predicted octanol–water partition coefficient (Wildman–Crippen LogP) is 6.59. The number of nitrogens with one attached hydrogen (secondary N) is 1. The van der Waals surface area contributed by atoms with E-state index < -0.39 is 0 Å². The second-order valence-corrected chi connectivity index (χ2v) is 9.48. The van der Waals surface area contributed by atoms with Crippen LogP contribution in [0.2, 0.25) is 0 Å². The highest BCUT2D eigenvalue weighted by molar-refractivity contribution is 7.15. The van der Waals surface area contributed by atoms with Crippen molar-refractivity contribution in [3.63, 3.8) is 0 Å². The molecule has 0 saturated heterocycles. The van der Waals surface area contributed by atoms with Crippen molar-refractivity contribution in [2.45, 2.75) is 25.3 Å². The van der Waals surface area contributed by atoms with Crippen LogP contribution in [0.15, 0.2) is 78.3 Å². The first-order valence-corrected chi connectivity index (χ1v) is 12.3. The van der Waals surface area contributed by atoms with Crippen LogP contribution in [0.3, 0.4) is 0 Å². The van der Waals surface area contributed by atoms with E-state index in [0.29, 0.717) is 12.6 Å². The van der Waals surface area contributed by atoms with Gasteiger partial charge < -0.3 is 10.2 Å². The number of benzene rings is 3. The minimum atomic E-state index is -0.257. The molecule has 5 nitrogen and oxygen atoms in total. The number of urea groups is 1. The van der Waals surface area contributed by atoms with Crippen LogP contribution in [0.1, 0.15) is 18.5 Å². The lowest BCUT2D eigenvalue weighted by atomic mass is 10.1. The fraction of sp³-hybridized carbons (Fsp3) is 0.185. The lowest BCUT2D eigenvalue weighted by Crippen LogP contribution is -2.38. The number of nitrogens with zero attached hydrogens (tertiary/aromatic N) is 3. The molecule has 5 aromatic rings. The highest BCUT2D eigenvalue weighted by atomic mass is 32.1. The first-order chi connectivity index (χ1) is 16.7. The number of imidazole rings is 1. The molecule has 2 aromatic heterocycles. The van der Waals surface area contributed by atoms with Gasteiger partial charge >= 0.3 is 6.03 Å². The van der Waals surface area contributed by atoms with Crippen molar-refractivity contribution in [1.29, 1.82) is 0 Å². The summed E-state index contributed by atoms with van der Waals surface area (Å²) in [6.07, 6.45) is 4.81. The average molecular weight is 471 g/mol. The van der Waals surface area contributed by atoms with Gasteiger partial charge in [-0.15, -0.1) is 11.3 Å².